The van der Waals surface area contributed by atoms with Crippen molar-refractivity contribution in [3.63, 3.8) is 0 Å². The lowest BCUT2D eigenvalue weighted by Crippen LogP contribution is -2.14. The summed E-state index contributed by atoms with van der Waals surface area (Å²) in [5, 5.41) is 2.92. The molecule has 1 nitrogen and oxygen atoms in total. The highest BCUT2D eigenvalue weighted by Gasteiger charge is 2.18. The van der Waals surface area contributed by atoms with Crippen molar-refractivity contribution < 1.29 is 0 Å². The lowest BCUT2D eigenvalue weighted by Gasteiger charge is -2.26. The maximum absolute atomic E-state index is 2.27. The number of hydrogen-bond acceptors (Lipinski definition) is 1. The Hall–Kier alpha value is -1.50. The summed E-state index contributed by atoms with van der Waals surface area (Å²) in [4.78, 5) is 2.25. The smallest absolute Gasteiger partial charge is 0.0429 e. The largest absolute Gasteiger partial charge is 0.377 e. The third-order valence-electron chi connectivity index (χ3n) is 5.16. The summed E-state index contributed by atoms with van der Waals surface area (Å²) < 4.78 is 0. The Morgan fingerprint density at radius 1 is 0.450 bits per heavy atom. The topological polar surface area (TPSA) is 3.24 Å². The van der Waals surface area contributed by atoms with Crippen LogP contribution in [0.25, 0.3) is 10.8 Å². The third-order valence-corrected chi connectivity index (χ3v) is 5.16. The van der Waals surface area contributed by atoms with Crippen LogP contribution in [-0.2, 0) is 0 Å². The molecule has 0 saturated heterocycles. The molecule has 0 amide bonds. The van der Waals surface area contributed by atoms with Crippen molar-refractivity contribution in [2.45, 2.75) is 48.5 Å². The number of rotatable bonds is 1. The quantitative estimate of drug-likeness (QED) is 0.699. The predicted octanol–water partition coefficient (Wildman–Crippen LogP) is 5.06. The third kappa shape index (κ3) is 1.83. The normalized spacial score (nSPS) is 11.2. The first-order valence-electron chi connectivity index (χ1n) is 7.37. The van der Waals surface area contributed by atoms with Crippen LogP contribution in [0.1, 0.15) is 38.9 Å². The summed E-state index contributed by atoms with van der Waals surface area (Å²) in [7, 11) is 4.29. The van der Waals surface area contributed by atoms with Gasteiger partial charge in [-0.3, -0.25) is 0 Å². The molecule has 0 spiro atoms. The predicted molar refractivity (Wildman–Crippen MR) is 91.4 cm³/mol. The molecular weight excluding hydrogens is 242 g/mol. The molecule has 2 aromatic rings. The standard InChI is InChI=1S/C19H27N/c1-10-11(2)13(4)18-16(7)19(20(8)9)15(6)14(5)17(18)12(10)3/h1-9H3. The van der Waals surface area contributed by atoms with E-state index in [-0.39, 0.29) is 0 Å². The van der Waals surface area contributed by atoms with Gasteiger partial charge >= 0.3 is 0 Å². The zero-order chi connectivity index (χ0) is 15.4. The van der Waals surface area contributed by atoms with Crippen molar-refractivity contribution in [2.75, 3.05) is 19.0 Å². The fraction of sp³-hybridized carbons (Fsp3) is 0.474. The van der Waals surface area contributed by atoms with Gasteiger partial charge in [0.2, 0.25) is 0 Å². The first-order valence-corrected chi connectivity index (χ1v) is 7.37. The van der Waals surface area contributed by atoms with Crippen molar-refractivity contribution in [1.82, 2.24) is 0 Å². The number of nitrogens with zero attached hydrogens (tertiary/aromatic N) is 1. The van der Waals surface area contributed by atoms with Gasteiger partial charge in [-0.2, -0.15) is 0 Å². The monoisotopic (exact) mass is 269 g/mol. The number of fused-ring (bicyclic) bond motifs is 1. The molecule has 2 rings (SSSR count). The Bertz CT molecular complexity index is 706. The van der Waals surface area contributed by atoms with Gasteiger partial charge in [0.1, 0.15) is 0 Å². The van der Waals surface area contributed by atoms with Crippen LogP contribution in [0.5, 0.6) is 0 Å². The van der Waals surface area contributed by atoms with E-state index in [1.807, 2.05) is 0 Å². The molecule has 0 fully saturated rings. The second-order valence-corrected chi connectivity index (χ2v) is 6.37. The molecule has 0 atom stereocenters. The molecule has 108 valence electrons. The van der Waals surface area contributed by atoms with Gasteiger partial charge in [-0.15, -0.1) is 0 Å². The van der Waals surface area contributed by atoms with E-state index in [1.165, 1.54) is 55.4 Å². The van der Waals surface area contributed by atoms with Crippen LogP contribution in [0.3, 0.4) is 0 Å². The van der Waals surface area contributed by atoms with Gasteiger partial charge in [-0.1, -0.05) is 0 Å². The van der Waals surface area contributed by atoms with Crippen LogP contribution in [0.2, 0.25) is 0 Å². The average molecular weight is 269 g/mol. The van der Waals surface area contributed by atoms with Gasteiger partial charge in [-0.05, 0) is 98.2 Å². The minimum absolute atomic E-state index is 1.38. The fourth-order valence-corrected chi connectivity index (χ4v) is 3.69. The van der Waals surface area contributed by atoms with Gasteiger partial charge < -0.3 is 4.90 Å². The van der Waals surface area contributed by atoms with Crippen molar-refractivity contribution in [3.8, 4) is 0 Å². The second kappa shape index (κ2) is 4.80. The molecule has 0 bridgehead atoms. The van der Waals surface area contributed by atoms with Crippen LogP contribution < -0.4 is 4.90 Å². The highest BCUT2D eigenvalue weighted by molar-refractivity contribution is 6.00. The Kier molecular flexibility index (Phi) is 3.58. The summed E-state index contributed by atoms with van der Waals surface area (Å²) in [6, 6.07) is 0. The zero-order valence-electron chi connectivity index (χ0n) is 14.4. The van der Waals surface area contributed by atoms with E-state index in [9.17, 15) is 0 Å². The van der Waals surface area contributed by atoms with E-state index in [1.54, 1.807) is 0 Å². The number of benzene rings is 2. The lowest BCUT2D eigenvalue weighted by atomic mass is 9.84. The van der Waals surface area contributed by atoms with Crippen molar-refractivity contribution in [3.05, 3.63) is 38.9 Å². The van der Waals surface area contributed by atoms with Crippen LogP contribution in [-0.4, -0.2) is 14.1 Å². The SMILES string of the molecule is Cc1c(C)c(C)c2c(C)c(N(C)C)c(C)c(C)c2c1C. The molecule has 0 aliphatic heterocycles. The molecule has 0 N–H and O–H groups in total. The first kappa shape index (κ1) is 14.9. The number of anilines is 1. The number of aryl methyl sites for hydroxylation is 4. The maximum Gasteiger partial charge on any atom is 0.0429 e. The lowest BCUT2D eigenvalue weighted by molar-refractivity contribution is 1.09. The Morgan fingerprint density at radius 3 is 1.20 bits per heavy atom. The minimum atomic E-state index is 1.38. The molecule has 0 saturated carbocycles. The molecule has 0 aliphatic carbocycles. The van der Waals surface area contributed by atoms with Crippen LogP contribution >= 0.6 is 0 Å². The van der Waals surface area contributed by atoms with E-state index in [0.29, 0.717) is 0 Å². The molecule has 0 heterocycles. The molecule has 1 heteroatoms. The first-order chi connectivity index (χ1) is 9.20. The maximum atomic E-state index is 2.27. The van der Waals surface area contributed by atoms with Gasteiger partial charge in [0.05, 0.1) is 0 Å². The molecule has 0 aromatic heterocycles. The van der Waals surface area contributed by atoms with Gasteiger partial charge in [0.25, 0.3) is 0 Å². The van der Waals surface area contributed by atoms with Crippen LogP contribution in [0.15, 0.2) is 0 Å². The molecule has 20 heavy (non-hydrogen) atoms. The summed E-state index contributed by atoms with van der Waals surface area (Å²) in [5.74, 6) is 0. The van der Waals surface area contributed by atoms with E-state index in [2.05, 4.69) is 67.5 Å². The van der Waals surface area contributed by atoms with Crippen LogP contribution in [0, 0.1) is 48.5 Å². The van der Waals surface area contributed by atoms with E-state index in [4.69, 9.17) is 0 Å². The highest BCUT2D eigenvalue weighted by Crippen LogP contribution is 2.40. The number of hydrogen-bond donors (Lipinski definition) is 0. The summed E-state index contributed by atoms with van der Waals surface area (Å²) in [6.07, 6.45) is 0. The fourth-order valence-electron chi connectivity index (χ4n) is 3.69. The summed E-state index contributed by atoms with van der Waals surface area (Å²) in [6.45, 7) is 15.8. The van der Waals surface area contributed by atoms with Gasteiger partial charge in [-0.25, -0.2) is 0 Å². The summed E-state index contributed by atoms with van der Waals surface area (Å²) in [5.41, 5.74) is 11.4. The van der Waals surface area contributed by atoms with Crippen LogP contribution in [0.4, 0.5) is 5.69 Å². The Balaban J connectivity index is 3.17. The summed E-state index contributed by atoms with van der Waals surface area (Å²) >= 11 is 0. The van der Waals surface area contributed by atoms with Crippen molar-refractivity contribution >= 4 is 16.5 Å². The zero-order valence-corrected chi connectivity index (χ0v) is 14.4. The van der Waals surface area contributed by atoms with E-state index >= 15 is 0 Å². The average Bonchev–Trinajstić information content (AvgIpc) is 2.37. The van der Waals surface area contributed by atoms with Gasteiger partial charge in [0, 0.05) is 19.8 Å². The van der Waals surface area contributed by atoms with E-state index < -0.39 is 0 Å². The second-order valence-electron chi connectivity index (χ2n) is 6.37. The van der Waals surface area contributed by atoms with Crippen molar-refractivity contribution in [1.29, 1.82) is 0 Å². The van der Waals surface area contributed by atoms with Gasteiger partial charge in [0.15, 0.2) is 0 Å². The Labute approximate surface area is 123 Å². The molecule has 0 aliphatic rings. The minimum Gasteiger partial charge on any atom is -0.377 e. The Morgan fingerprint density at radius 2 is 0.800 bits per heavy atom. The molecular formula is C19H27N. The highest BCUT2D eigenvalue weighted by atomic mass is 15.1. The molecule has 2 aromatic carbocycles. The van der Waals surface area contributed by atoms with E-state index in [0.717, 1.165) is 0 Å². The molecule has 0 unspecified atom stereocenters. The molecule has 0 radical (unpaired) electrons. The van der Waals surface area contributed by atoms with Crippen molar-refractivity contribution in [2.24, 2.45) is 0 Å².